The number of rotatable bonds is 5. The van der Waals surface area contributed by atoms with Crippen LogP contribution in [-0.2, 0) is 0 Å². The predicted octanol–water partition coefficient (Wildman–Crippen LogP) is 3.93. The van der Waals surface area contributed by atoms with Crippen LogP contribution in [0.15, 0.2) is 35.3 Å². The molecule has 0 saturated carbocycles. The van der Waals surface area contributed by atoms with Crippen molar-refractivity contribution in [3.8, 4) is 0 Å². The fourth-order valence-electron chi connectivity index (χ4n) is 3.08. The van der Waals surface area contributed by atoms with Crippen LogP contribution in [0.1, 0.15) is 39.5 Å². The second-order valence-corrected chi connectivity index (χ2v) is 6.48. The Morgan fingerprint density at radius 2 is 1.74 bits per heavy atom. The molecule has 2 rings (SSSR count). The van der Waals surface area contributed by atoms with Crippen molar-refractivity contribution in [2.24, 2.45) is 16.6 Å². The molecule has 0 radical (unpaired) electrons. The first-order valence-electron chi connectivity index (χ1n) is 8.53. The molecule has 5 heteroatoms. The lowest BCUT2D eigenvalue weighted by atomic mass is 10.0. The molecule has 1 fully saturated rings. The Kier molecular flexibility index (Phi) is 9.55. The summed E-state index contributed by atoms with van der Waals surface area (Å²) >= 11 is 0. The molecule has 1 saturated heterocycles. The van der Waals surface area contributed by atoms with E-state index in [0.717, 1.165) is 12.2 Å². The number of benzene rings is 1. The van der Waals surface area contributed by atoms with Gasteiger partial charge in [-0.25, -0.2) is 0 Å². The van der Waals surface area contributed by atoms with Crippen LogP contribution in [0.2, 0.25) is 0 Å². The first kappa shape index (κ1) is 20.2. The highest BCUT2D eigenvalue weighted by Gasteiger charge is 2.22. The van der Waals surface area contributed by atoms with Gasteiger partial charge in [0.2, 0.25) is 0 Å². The number of anilines is 1. The van der Waals surface area contributed by atoms with Crippen LogP contribution in [0, 0.1) is 5.92 Å². The van der Waals surface area contributed by atoms with Gasteiger partial charge in [-0.2, -0.15) is 0 Å². The third-order valence-electron chi connectivity index (χ3n) is 4.37. The second kappa shape index (κ2) is 10.9. The van der Waals surface area contributed by atoms with Crippen LogP contribution in [0.4, 0.5) is 5.69 Å². The van der Waals surface area contributed by atoms with Crippen molar-refractivity contribution >= 4 is 35.6 Å². The van der Waals surface area contributed by atoms with Crippen molar-refractivity contribution in [1.82, 2.24) is 4.90 Å². The molecule has 1 aliphatic heterocycles. The van der Waals surface area contributed by atoms with Crippen LogP contribution >= 0.6 is 24.0 Å². The molecule has 1 unspecified atom stereocenters. The summed E-state index contributed by atoms with van der Waals surface area (Å²) in [5.74, 6) is 1.10. The smallest absolute Gasteiger partial charge is 0.193 e. The first-order chi connectivity index (χ1) is 10.7. The summed E-state index contributed by atoms with van der Waals surface area (Å²) in [4.78, 5) is 7.20. The molecule has 1 aliphatic rings. The minimum Gasteiger partial charge on any atom is -0.370 e. The van der Waals surface area contributed by atoms with E-state index in [1.807, 2.05) is 30.3 Å². The number of nitrogens with two attached hydrogens (primary N) is 1. The van der Waals surface area contributed by atoms with Gasteiger partial charge in [-0.05, 0) is 44.0 Å². The quantitative estimate of drug-likeness (QED) is 0.423. The van der Waals surface area contributed by atoms with Crippen molar-refractivity contribution in [2.45, 2.75) is 45.6 Å². The van der Waals surface area contributed by atoms with E-state index >= 15 is 0 Å². The van der Waals surface area contributed by atoms with Gasteiger partial charge in [-0.15, -0.1) is 24.0 Å². The third kappa shape index (κ3) is 7.08. The maximum absolute atomic E-state index is 6.03. The molecule has 0 amide bonds. The van der Waals surface area contributed by atoms with Gasteiger partial charge >= 0.3 is 0 Å². The molecule has 1 aromatic rings. The van der Waals surface area contributed by atoms with Gasteiger partial charge in [0, 0.05) is 11.7 Å². The number of hydrogen-bond donors (Lipinski definition) is 2. The zero-order valence-corrected chi connectivity index (χ0v) is 16.7. The molecule has 23 heavy (non-hydrogen) atoms. The van der Waals surface area contributed by atoms with Crippen molar-refractivity contribution in [2.75, 3.05) is 25.0 Å². The molecular weight excluding hydrogens is 399 g/mol. The van der Waals surface area contributed by atoms with Gasteiger partial charge in [-0.1, -0.05) is 44.9 Å². The maximum atomic E-state index is 6.03. The molecule has 4 nitrogen and oxygen atoms in total. The number of halogens is 1. The summed E-state index contributed by atoms with van der Waals surface area (Å²) < 4.78 is 0. The first-order valence-corrected chi connectivity index (χ1v) is 8.53. The van der Waals surface area contributed by atoms with Crippen molar-refractivity contribution < 1.29 is 0 Å². The zero-order valence-electron chi connectivity index (χ0n) is 14.4. The highest BCUT2D eigenvalue weighted by molar-refractivity contribution is 14.0. The molecular formula is C18H31IN4. The Morgan fingerprint density at radius 1 is 1.13 bits per heavy atom. The monoisotopic (exact) mass is 430 g/mol. The molecule has 0 spiro atoms. The van der Waals surface area contributed by atoms with Gasteiger partial charge in [0.15, 0.2) is 5.96 Å². The highest BCUT2D eigenvalue weighted by Crippen LogP contribution is 2.17. The Bertz CT molecular complexity index is 453. The molecule has 0 aliphatic carbocycles. The Balaban J connectivity index is 0.00000264. The van der Waals surface area contributed by atoms with Crippen molar-refractivity contribution in [1.29, 1.82) is 0 Å². The van der Waals surface area contributed by atoms with Crippen LogP contribution < -0.4 is 11.1 Å². The lowest BCUT2D eigenvalue weighted by molar-refractivity contribution is 0.166. The Morgan fingerprint density at radius 3 is 2.30 bits per heavy atom. The van der Waals surface area contributed by atoms with E-state index in [2.05, 4.69) is 29.1 Å². The molecule has 0 bridgehead atoms. The van der Waals surface area contributed by atoms with E-state index in [4.69, 9.17) is 5.73 Å². The van der Waals surface area contributed by atoms with Crippen LogP contribution in [0.25, 0.3) is 0 Å². The summed E-state index contributed by atoms with van der Waals surface area (Å²) in [6.07, 6.45) is 5.35. The summed E-state index contributed by atoms with van der Waals surface area (Å²) in [5, 5.41) is 3.16. The molecule has 130 valence electrons. The SMILES string of the molecule is CC(C)C(CN=C(N)Nc1ccccc1)N1CCCCCC1.I. The fourth-order valence-corrected chi connectivity index (χ4v) is 3.08. The second-order valence-electron chi connectivity index (χ2n) is 6.48. The highest BCUT2D eigenvalue weighted by atomic mass is 127. The minimum atomic E-state index is 0. The van der Waals surface area contributed by atoms with Gasteiger partial charge in [-0.3, -0.25) is 9.89 Å². The molecule has 3 N–H and O–H groups in total. The zero-order chi connectivity index (χ0) is 15.8. The summed E-state index contributed by atoms with van der Waals surface area (Å²) in [6.45, 7) is 7.73. The summed E-state index contributed by atoms with van der Waals surface area (Å²) in [6, 6.07) is 10.4. The topological polar surface area (TPSA) is 53.6 Å². The standard InChI is InChI=1S/C18H30N4.HI/c1-15(2)17(22-12-8-3-4-9-13-22)14-20-18(19)21-16-10-6-5-7-11-16;/h5-7,10-11,15,17H,3-4,8-9,12-14H2,1-2H3,(H3,19,20,21);1H. The number of aliphatic imine (C=N–C) groups is 1. The molecule has 0 aromatic heterocycles. The summed E-state index contributed by atoms with van der Waals surface area (Å²) in [7, 11) is 0. The predicted molar refractivity (Wildman–Crippen MR) is 111 cm³/mol. The molecule has 1 atom stereocenters. The van der Waals surface area contributed by atoms with Gasteiger partial charge < -0.3 is 11.1 Å². The Labute approximate surface area is 157 Å². The minimum absolute atomic E-state index is 0. The van der Waals surface area contributed by atoms with Crippen LogP contribution in [-0.4, -0.2) is 36.5 Å². The van der Waals surface area contributed by atoms with Gasteiger partial charge in [0.1, 0.15) is 0 Å². The third-order valence-corrected chi connectivity index (χ3v) is 4.37. The van der Waals surface area contributed by atoms with E-state index in [0.29, 0.717) is 17.9 Å². The lowest BCUT2D eigenvalue weighted by Gasteiger charge is -2.32. The Hall–Kier alpha value is -0.820. The number of guanidine groups is 1. The van der Waals surface area contributed by atoms with Crippen molar-refractivity contribution in [3.63, 3.8) is 0 Å². The largest absolute Gasteiger partial charge is 0.370 e. The summed E-state index contributed by atoms with van der Waals surface area (Å²) in [5.41, 5.74) is 7.02. The maximum Gasteiger partial charge on any atom is 0.193 e. The van der Waals surface area contributed by atoms with Crippen molar-refractivity contribution in [3.05, 3.63) is 30.3 Å². The van der Waals surface area contributed by atoms with E-state index in [9.17, 15) is 0 Å². The average Bonchev–Trinajstić information content (AvgIpc) is 2.77. The van der Waals surface area contributed by atoms with E-state index in [1.54, 1.807) is 0 Å². The number of hydrogen-bond acceptors (Lipinski definition) is 2. The number of nitrogens with one attached hydrogen (secondary N) is 1. The van der Waals surface area contributed by atoms with Crippen LogP contribution in [0.3, 0.4) is 0 Å². The van der Waals surface area contributed by atoms with E-state index in [1.165, 1.54) is 38.8 Å². The number of likely N-dealkylation sites (tertiary alicyclic amines) is 1. The van der Waals surface area contributed by atoms with E-state index < -0.39 is 0 Å². The van der Waals surface area contributed by atoms with Crippen LogP contribution in [0.5, 0.6) is 0 Å². The lowest BCUT2D eigenvalue weighted by Crippen LogP contribution is -2.42. The van der Waals surface area contributed by atoms with Gasteiger partial charge in [0.25, 0.3) is 0 Å². The van der Waals surface area contributed by atoms with E-state index in [-0.39, 0.29) is 24.0 Å². The van der Waals surface area contributed by atoms with Gasteiger partial charge in [0.05, 0.1) is 6.54 Å². The molecule has 1 heterocycles. The number of para-hydroxylation sites is 1. The fraction of sp³-hybridized carbons (Fsp3) is 0.611. The molecule has 1 aromatic carbocycles. The average molecular weight is 430 g/mol. The normalized spacial score (nSPS) is 18.1. The number of nitrogens with zero attached hydrogens (tertiary/aromatic N) is 2.